The van der Waals surface area contributed by atoms with Gasteiger partial charge in [-0.1, -0.05) is 43.2 Å². The predicted octanol–water partition coefficient (Wildman–Crippen LogP) is 3.73. The van der Waals surface area contributed by atoms with E-state index >= 15 is 0 Å². The number of rotatable bonds is 2. The molecule has 1 amide bonds. The van der Waals surface area contributed by atoms with E-state index in [1.165, 1.54) is 0 Å². The topological polar surface area (TPSA) is 65.5 Å². The van der Waals surface area contributed by atoms with Gasteiger partial charge in [0.2, 0.25) is 0 Å². The number of likely N-dealkylation sites (tertiary alicyclic amines) is 1. The molecule has 0 bridgehead atoms. The summed E-state index contributed by atoms with van der Waals surface area (Å²) >= 11 is 0. The van der Waals surface area contributed by atoms with E-state index in [9.17, 15) is 9.90 Å². The third-order valence-electron chi connectivity index (χ3n) is 7.19. The van der Waals surface area contributed by atoms with Gasteiger partial charge in [-0.15, -0.1) is 0 Å². The molecular weight excluding hydrogens is 362 g/mol. The second-order valence-electron chi connectivity index (χ2n) is 8.71. The molecule has 2 aliphatic heterocycles. The Morgan fingerprint density at radius 1 is 1.14 bits per heavy atom. The van der Waals surface area contributed by atoms with Gasteiger partial charge in [0.1, 0.15) is 5.82 Å². The molecule has 5 rings (SSSR count). The van der Waals surface area contributed by atoms with Crippen LogP contribution in [0.4, 0.5) is 5.82 Å². The maximum atomic E-state index is 13.7. The zero-order valence-electron chi connectivity index (χ0n) is 16.8. The van der Waals surface area contributed by atoms with Gasteiger partial charge in [-0.25, -0.2) is 4.98 Å². The van der Waals surface area contributed by atoms with Crippen LogP contribution in [0, 0.1) is 5.92 Å². The lowest BCUT2D eigenvalue weighted by Gasteiger charge is -2.52. The van der Waals surface area contributed by atoms with Gasteiger partial charge in [-0.05, 0) is 43.7 Å². The zero-order chi connectivity index (χ0) is 19.8. The Morgan fingerprint density at radius 3 is 2.83 bits per heavy atom. The van der Waals surface area contributed by atoms with Crippen molar-refractivity contribution < 1.29 is 9.90 Å². The number of aromatic nitrogens is 1. The molecule has 3 aliphatic rings. The summed E-state index contributed by atoms with van der Waals surface area (Å²) in [5, 5.41) is 15.1. The third kappa shape index (κ3) is 3.12. The number of carbonyl (C=O) groups is 1. The van der Waals surface area contributed by atoms with E-state index in [0.29, 0.717) is 13.0 Å². The number of carbonyl (C=O) groups excluding carboxylic acids is 1. The van der Waals surface area contributed by atoms with E-state index in [1.54, 1.807) is 6.20 Å². The first kappa shape index (κ1) is 18.6. The molecule has 29 heavy (non-hydrogen) atoms. The van der Waals surface area contributed by atoms with E-state index in [2.05, 4.69) is 15.2 Å². The summed E-state index contributed by atoms with van der Waals surface area (Å²) in [5.74, 6) is 1.06. The number of nitrogens with zero attached hydrogens (tertiary/aromatic N) is 2. The summed E-state index contributed by atoms with van der Waals surface area (Å²) in [7, 11) is 0. The second-order valence-corrected chi connectivity index (χ2v) is 8.71. The predicted molar refractivity (Wildman–Crippen MR) is 113 cm³/mol. The molecule has 1 saturated heterocycles. The fourth-order valence-electron chi connectivity index (χ4n) is 5.75. The van der Waals surface area contributed by atoms with E-state index in [4.69, 9.17) is 0 Å². The monoisotopic (exact) mass is 391 g/mol. The summed E-state index contributed by atoms with van der Waals surface area (Å²) < 4.78 is 0. The van der Waals surface area contributed by atoms with Crippen molar-refractivity contribution in [2.24, 2.45) is 5.92 Å². The van der Waals surface area contributed by atoms with E-state index in [0.717, 1.165) is 67.6 Å². The SMILES string of the molecule is O=C(c1ccnc2c1CCCN2)N1CC[C@](O)(c2ccccc2)[C@H]2CCCC[C@H]21. The fraction of sp³-hybridized carbons (Fsp3) is 0.500. The van der Waals surface area contributed by atoms with Gasteiger partial charge in [-0.3, -0.25) is 4.79 Å². The van der Waals surface area contributed by atoms with Crippen LogP contribution in [0.25, 0.3) is 0 Å². The minimum absolute atomic E-state index is 0.0899. The maximum Gasteiger partial charge on any atom is 0.254 e. The van der Waals surface area contributed by atoms with Crippen LogP contribution in [0.1, 0.15) is 60.0 Å². The van der Waals surface area contributed by atoms with E-state index < -0.39 is 5.60 Å². The third-order valence-corrected chi connectivity index (χ3v) is 7.19. The van der Waals surface area contributed by atoms with Crippen molar-refractivity contribution in [1.82, 2.24) is 9.88 Å². The van der Waals surface area contributed by atoms with Gasteiger partial charge in [0.05, 0.1) is 5.60 Å². The van der Waals surface area contributed by atoms with Gasteiger partial charge in [0.15, 0.2) is 0 Å². The second kappa shape index (κ2) is 7.45. The first-order chi connectivity index (χ1) is 14.2. The highest BCUT2D eigenvalue weighted by molar-refractivity contribution is 5.97. The summed E-state index contributed by atoms with van der Waals surface area (Å²) in [6, 6.07) is 12.0. The molecular formula is C24H29N3O2. The molecule has 152 valence electrons. The lowest BCUT2D eigenvalue weighted by atomic mass is 9.66. The summed E-state index contributed by atoms with van der Waals surface area (Å²) in [6.07, 6.45) is 8.43. The first-order valence-electron chi connectivity index (χ1n) is 11.0. The Hall–Kier alpha value is -2.40. The van der Waals surface area contributed by atoms with Crippen LogP contribution < -0.4 is 5.32 Å². The van der Waals surface area contributed by atoms with Crippen LogP contribution in [-0.4, -0.2) is 40.0 Å². The Bertz CT molecular complexity index is 900. The summed E-state index contributed by atoms with van der Waals surface area (Å²) in [5.41, 5.74) is 1.99. The quantitative estimate of drug-likeness (QED) is 0.819. The van der Waals surface area contributed by atoms with Crippen molar-refractivity contribution in [3.63, 3.8) is 0 Å². The largest absolute Gasteiger partial charge is 0.385 e. The molecule has 5 nitrogen and oxygen atoms in total. The Balaban J connectivity index is 1.48. The molecule has 0 unspecified atom stereocenters. The van der Waals surface area contributed by atoms with Crippen molar-refractivity contribution in [1.29, 1.82) is 0 Å². The lowest BCUT2D eigenvalue weighted by molar-refractivity contribution is -0.110. The van der Waals surface area contributed by atoms with Crippen LogP contribution in [0.5, 0.6) is 0 Å². The van der Waals surface area contributed by atoms with Gasteiger partial charge in [0.25, 0.3) is 5.91 Å². The average molecular weight is 392 g/mol. The normalized spacial score (nSPS) is 28.8. The number of nitrogens with one attached hydrogen (secondary N) is 1. The Morgan fingerprint density at radius 2 is 1.97 bits per heavy atom. The molecule has 2 aromatic rings. The van der Waals surface area contributed by atoms with Crippen LogP contribution in [0.3, 0.4) is 0 Å². The Labute approximate surface area is 172 Å². The highest BCUT2D eigenvalue weighted by atomic mass is 16.3. The number of piperidine rings is 1. The molecule has 1 saturated carbocycles. The molecule has 0 radical (unpaired) electrons. The van der Waals surface area contributed by atoms with Gasteiger partial charge < -0.3 is 15.3 Å². The van der Waals surface area contributed by atoms with Crippen LogP contribution in [-0.2, 0) is 12.0 Å². The summed E-state index contributed by atoms with van der Waals surface area (Å²) in [6.45, 7) is 1.51. The summed E-state index contributed by atoms with van der Waals surface area (Å²) in [4.78, 5) is 20.2. The first-order valence-corrected chi connectivity index (χ1v) is 11.0. The molecule has 2 fully saturated rings. The number of pyridine rings is 1. The molecule has 1 aromatic heterocycles. The van der Waals surface area contributed by atoms with Gasteiger partial charge in [0, 0.05) is 42.4 Å². The zero-order valence-corrected chi connectivity index (χ0v) is 16.8. The molecule has 3 atom stereocenters. The van der Waals surface area contributed by atoms with Gasteiger partial charge >= 0.3 is 0 Å². The number of hydrogen-bond donors (Lipinski definition) is 2. The fourth-order valence-corrected chi connectivity index (χ4v) is 5.75. The molecule has 0 spiro atoms. The molecule has 1 aromatic carbocycles. The van der Waals surface area contributed by atoms with E-state index in [-0.39, 0.29) is 17.9 Å². The number of aliphatic hydroxyl groups is 1. The highest BCUT2D eigenvalue weighted by Gasteiger charge is 2.50. The number of amides is 1. The van der Waals surface area contributed by atoms with Crippen molar-refractivity contribution in [3.05, 3.63) is 59.3 Å². The van der Waals surface area contributed by atoms with Crippen molar-refractivity contribution in [2.75, 3.05) is 18.4 Å². The highest BCUT2D eigenvalue weighted by Crippen LogP contribution is 2.47. The molecule has 2 N–H and O–H groups in total. The maximum absolute atomic E-state index is 13.7. The smallest absolute Gasteiger partial charge is 0.254 e. The van der Waals surface area contributed by atoms with Crippen LogP contribution >= 0.6 is 0 Å². The number of hydrogen-bond acceptors (Lipinski definition) is 4. The van der Waals surface area contributed by atoms with Crippen molar-refractivity contribution >= 4 is 11.7 Å². The minimum atomic E-state index is -0.845. The molecule has 1 aliphatic carbocycles. The number of fused-ring (bicyclic) bond motifs is 2. The van der Waals surface area contributed by atoms with Crippen LogP contribution in [0.15, 0.2) is 42.6 Å². The number of anilines is 1. The van der Waals surface area contributed by atoms with Crippen LogP contribution in [0.2, 0.25) is 0 Å². The molecule has 5 heteroatoms. The van der Waals surface area contributed by atoms with E-state index in [1.807, 2.05) is 36.4 Å². The minimum Gasteiger partial charge on any atom is -0.385 e. The standard InChI is InChI=1S/C24H29N3O2/c28-23(19-12-15-26-22-18(19)9-6-14-25-22)27-16-13-24(29,17-7-2-1-3-8-17)20-10-4-5-11-21(20)27/h1-3,7-8,12,15,20-21,29H,4-6,9-11,13-14,16H2,(H,25,26)/t20-,21+,24-/m0/s1. The average Bonchev–Trinajstić information content (AvgIpc) is 2.79. The molecule has 3 heterocycles. The lowest BCUT2D eigenvalue weighted by Crippen LogP contribution is -2.59. The van der Waals surface area contributed by atoms with Gasteiger partial charge in [-0.2, -0.15) is 0 Å². The van der Waals surface area contributed by atoms with Crippen molar-refractivity contribution in [3.8, 4) is 0 Å². The number of benzene rings is 1. The Kier molecular flexibility index (Phi) is 4.78. The van der Waals surface area contributed by atoms with Crippen molar-refractivity contribution in [2.45, 2.75) is 56.6 Å².